The Balaban J connectivity index is 1.68. The predicted octanol–water partition coefficient (Wildman–Crippen LogP) is 3.12. The molecular formula is C18H17ClF3N3O3S. The number of carbonyl (C=O) groups excluding carboxylic acids is 1. The number of aryl methyl sites for hydroxylation is 1. The molecule has 3 rings (SSSR count). The minimum Gasteiger partial charge on any atom is -0.362 e. The largest absolute Gasteiger partial charge is 0.417 e. The molecule has 156 valence electrons. The van der Waals surface area contributed by atoms with Gasteiger partial charge in [-0.1, -0.05) is 29.8 Å². The van der Waals surface area contributed by atoms with Gasteiger partial charge in [0.05, 0.1) is 22.0 Å². The molecule has 2 aromatic carbocycles. The molecule has 0 spiro atoms. The molecule has 0 aliphatic carbocycles. The lowest BCUT2D eigenvalue weighted by molar-refractivity contribution is -0.137. The van der Waals surface area contributed by atoms with Gasteiger partial charge in [-0.25, -0.2) is 8.42 Å². The summed E-state index contributed by atoms with van der Waals surface area (Å²) in [5.74, 6) is -0.643. The summed E-state index contributed by atoms with van der Waals surface area (Å²) in [6.07, 6.45) is -3.08. The van der Waals surface area contributed by atoms with Crippen LogP contribution in [0.1, 0.15) is 17.5 Å². The number of amides is 1. The van der Waals surface area contributed by atoms with Crippen molar-refractivity contribution in [3.05, 3.63) is 58.6 Å². The highest BCUT2D eigenvalue weighted by atomic mass is 35.5. The quantitative estimate of drug-likeness (QED) is 0.690. The van der Waals surface area contributed by atoms with Gasteiger partial charge in [0.25, 0.3) is 15.9 Å². The van der Waals surface area contributed by atoms with Gasteiger partial charge in [-0.15, -0.1) is 4.83 Å². The van der Waals surface area contributed by atoms with Crippen molar-refractivity contribution in [3.8, 4) is 0 Å². The first-order chi connectivity index (χ1) is 13.6. The maximum atomic E-state index is 12.9. The summed E-state index contributed by atoms with van der Waals surface area (Å²) in [6, 6.07) is 9.75. The molecule has 0 unspecified atom stereocenters. The Labute approximate surface area is 170 Å². The van der Waals surface area contributed by atoms with Gasteiger partial charge in [-0.3, -0.25) is 10.2 Å². The second-order valence-corrected chi connectivity index (χ2v) is 8.54. The number of sulfonamides is 1. The number of benzene rings is 2. The Morgan fingerprint density at radius 2 is 1.90 bits per heavy atom. The van der Waals surface area contributed by atoms with E-state index in [1.54, 1.807) is 0 Å². The smallest absolute Gasteiger partial charge is 0.362 e. The van der Waals surface area contributed by atoms with E-state index in [1.807, 2.05) is 39.4 Å². The van der Waals surface area contributed by atoms with Gasteiger partial charge in [-0.2, -0.15) is 13.2 Å². The maximum absolute atomic E-state index is 12.9. The van der Waals surface area contributed by atoms with Crippen molar-refractivity contribution >= 4 is 33.2 Å². The summed E-state index contributed by atoms with van der Waals surface area (Å²) < 4.78 is 63.3. The molecule has 1 heterocycles. The molecule has 0 radical (unpaired) electrons. The van der Waals surface area contributed by atoms with Gasteiger partial charge in [0.2, 0.25) is 0 Å². The Morgan fingerprint density at radius 1 is 1.17 bits per heavy atom. The highest BCUT2D eigenvalue weighted by molar-refractivity contribution is 7.89. The van der Waals surface area contributed by atoms with Crippen molar-refractivity contribution in [1.29, 1.82) is 0 Å². The molecule has 1 aliphatic heterocycles. The molecule has 11 heteroatoms. The topological polar surface area (TPSA) is 78.5 Å². The second kappa shape index (κ2) is 8.21. The number of para-hydroxylation sites is 1. The molecular weight excluding hydrogens is 431 g/mol. The number of hydrogen-bond donors (Lipinski definition) is 2. The molecule has 0 saturated heterocycles. The van der Waals surface area contributed by atoms with E-state index in [0.717, 1.165) is 36.2 Å². The fourth-order valence-electron chi connectivity index (χ4n) is 3.06. The number of fused-ring (bicyclic) bond motifs is 1. The van der Waals surface area contributed by atoms with Gasteiger partial charge in [0, 0.05) is 12.2 Å². The van der Waals surface area contributed by atoms with Crippen LogP contribution in [0.15, 0.2) is 47.4 Å². The van der Waals surface area contributed by atoms with Gasteiger partial charge in [0.15, 0.2) is 0 Å². The zero-order valence-electron chi connectivity index (χ0n) is 15.0. The monoisotopic (exact) mass is 447 g/mol. The van der Waals surface area contributed by atoms with E-state index in [9.17, 15) is 26.4 Å². The van der Waals surface area contributed by atoms with Crippen LogP contribution < -0.4 is 15.2 Å². The number of alkyl halides is 3. The van der Waals surface area contributed by atoms with Crippen LogP contribution in [0.25, 0.3) is 0 Å². The Morgan fingerprint density at radius 3 is 2.62 bits per heavy atom. The normalized spacial score (nSPS) is 14.4. The lowest BCUT2D eigenvalue weighted by Crippen LogP contribution is -2.47. The first kappa shape index (κ1) is 21.4. The SMILES string of the molecule is O=C(CN1CCCc2ccccc21)NNS(=O)(=O)c1ccc(Cl)c(C(F)(F)F)c1. The molecule has 0 bridgehead atoms. The van der Waals surface area contributed by atoms with Gasteiger partial charge < -0.3 is 4.90 Å². The van der Waals surface area contributed by atoms with Gasteiger partial charge in [-0.05, 0) is 42.7 Å². The lowest BCUT2D eigenvalue weighted by atomic mass is 10.0. The van der Waals surface area contributed by atoms with Crippen LogP contribution in [0.2, 0.25) is 5.02 Å². The number of nitrogens with one attached hydrogen (secondary N) is 2. The summed E-state index contributed by atoms with van der Waals surface area (Å²) in [5.41, 5.74) is 2.74. The zero-order chi connectivity index (χ0) is 21.2. The molecule has 0 atom stereocenters. The molecule has 2 N–H and O–H groups in total. The highest BCUT2D eigenvalue weighted by Crippen LogP contribution is 2.35. The third-order valence-electron chi connectivity index (χ3n) is 4.42. The Hall–Kier alpha value is -2.30. The third-order valence-corrected chi connectivity index (χ3v) is 5.99. The fourth-order valence-corrected chi connectivity index (χ4v) is 4.17. The van der Waals surface area contributed by atoms with E-state index in [0.29, 0.717) is 12.6 Å². The zero-order valence-corrected chi connectivity index (χ0v) is 16.5. The van der Waals surface area contributed by atoms with Crippen molar-refractivity contribution in [1.82, 2.24) is 10.3 Å². The average molecular weight is 448 g/mol. The van der Waals surface area contributed by atoms with Crippen LogP contribution in [0.3, 0.4) is 0 Å². The van der Waals surface area contributed by atoms with E-state index in [-0.39, 0.29) is 6.54 Å². The molecule has 0 fully saturated rings. The molecule has 6 nitrogen and oxygen atoms in total. The minimum atomic E-state index is -4.81. The number of carbonyl (C=O) groups is 1. The van der Waals surface area contributed by atoms with Crippen molar-refractivity contribution in [2.75, 3.05) is 18.0 Å². The van der Waals surface area contributed by atoms with Crippen molar-refractivity contribution in [2.45, 2.75) is 23.9 Å². The Kier molecular flexibility index (Phi) is 6.06. The lowest BCUT2D eigenvalue weighted by Gasteiger charge is -2.30. The van der Waals surface area contributed by atoms with Crippen LogP contribution in [-0.2, 0) is 27.4 Å². The predicted molar refractivity (Wildman–Crippen MR) is 102 cm³/mol. The molecule has 2 aromatic rings. The van der Waals surface area contributed by atoms with Crippen molar-refractivity contribution < 1.29 is 26.4 Å². The standard InChI is InChI=1S/C18H17ClF3N3O3S/c19-15-8-7-13(10-14(15)18(20,21)22)29(27,28)24-23-17(26)11-25-9-3-5-12-4-1-2-6-16(12)25/h1-2,4,6-8,10,24H,3,5,9,11H2,(H,23,26). The van der Waals surface area contributed by atoms with Crippen LogP contribution in [-0.4, -0.2) is 27.4 Å². The van der Waals surface area contributed by atoms with Crippen molar-refractivity contribution in [2.24, 2.45) is 0 Å². The van der Waals surface area contributed by atoms with E-state index in [2.05, 4.69) is 0 Å². The minimum absolute atomic E-state index is 0.103. The summed E-state index contributed by atoms with van der Waals surface area (Å²) in [6.45, 7) is 0.525. The third kappa shape index (κ3) is 5.01. The highest BCUT2D eigenvalue weighted by Gasteiger charge is 2.34. The fraction of sp³-hybridized carbons (Fsp3) is 0.278. The molecule has 0 saturated carbocycles. The van der Waals surface area contributed by atoms with Crippen molar-refractivity contribution in [3.63, 3.8) is 0 Å². The van der Waals surface area contributed by atoms with E-state index in [4.69, 9.17) is 11.6 Å². The number of hydrazine groups is 1. The van der Waals surface area contributed by atoms with E-state index in [1.165, 1.54) is 0 Å². The van der Waals surface area contributed by atoms with Crippen LogP contribution in [0.5, 0.6) is 0 Å². The number of rotatable bonds is 5. The summed E-state index contributed by atoms with van der Waals surface area (Å²) in [4.78, 5) is 15.2. The second-order valence-electron chi connectivity index (χ2n) is 6.45. The van der Waals surface area contributed by atoms with Crippen LogP contribution in [0.4, 0.5) is 18.9 Å². The number of anilines is 1. The summed E-state index contributed by atoms with van der Waals surface area (Å²) >= 11 is 5.50. The molecule has 0 aromatic heterocycles. The summed E-state index contributed by atoms with van der Waals surface area (Å²) in [5, 5.41) is -0.621. The molecule has 1 amide bonds. The summed E-state index contributed by atoms with van der Waals surface area (Å²) in [7, 11) is -4.42. The average Bonchev–Trinajstić information content (AvgIpc) is 2.66. The number of nitrogens with zero attached hydrogens (tertiary/aromatic N) is 1. The van der Waals surface area contributed by atoms with Gasteiger partial charge >= 0.3 is 6.18 Å². The molecule has 1 aliphatic rings. The van der Waals surface area contributed by atoms with Gasteiger partial charge in [0.1, 0.15) is 0 Å². The van der Waals surface area contributed by atoms with E-state index >= 15 is 0 Å². The number of hydrogen-bond acceptors (Lipinski definition) is 4. The van der Waals surface area contributed by atoms with E-state index < -0.39 is 37.6 Å². The first-order valence-electron chi connectivity index (χ1n) is 8.58. The first-order valence-corrected chi connectivity index (χ1v) is 10.4. The van der Waals surface area contributed by atoms with Crippen LogP contribution >= 0.6 is 11.6 Å². The maximum Gasteiger partial charge on any atom is 0.417 e. The van der Waals surface area contributed by atoms with Crippen LogP contribution in [0, 0.1) is 0 Å². The number of halogens is 4. The Bertz CT molecular complexity index is 1030. The molecule has 29 heavy (non-hydrogen) atoms.